The fourth-order valence-electron chi connectivity index (χ4n) is 4.07. The third-order valence-electron chi connectivity index (χ3n) is 6.27. The monoisotopic (exact) mass is 579 g/mol. The van der Waals surface area contributed by atoms with Gasteiger partial charge >= 0.3 is 12.1 Å². The van der Waals surface area contributed by atoms with Gasteiger partial charge in [-0.3, -0.25) is 15.2 Å². The van der Waals surface area contributed by atoms with E-state index >= 15 is 0 Å². The first-order chi connectivity index (χ1) is 20.2. The van der Waals surface area contributed by atoms with Crippen molar-refractivity contribution in [2.24, 2.45) is 22.5 Å². The molecule has 2 amide bonds. The number of H-pyrrole nitrogens is 1. The van der Waals surface area contributed by atoms with Gasteiger partial charge < -0.3 is 25.5 Å². The number of ether oxygens (including phenoxy) is 2. The van der Waals surface area contributed by atoms with E-state index in [1.54, 1.807) is 30.5 Å². The molecule has 2 aromatic carbocycles. The van der Waals surface area contributed by atoms with Gasteiger partial charge in [-0.25, -0.2) is 26.3 Å². The van der Waals surface area contributed by atoms with Gasteiger partial charge in [-0.1, -0.05) is 53.6 Å². The molecule has 3 rings (SSSR count). The van der Waals surface area contributed by atoms with Crippen LogP contribution >= 0.6 is 0 Å². The van der Waals surface area contributed by atoms with Crippen molar-refractivity contribution < 1.29 is 23.9 Å². The molecule has 3 aromatic rings. The molecule has 1 aromatic heterocycles. The average molecular weight is 580 g/mol. The van der Waals surface area contributed by atoms with Crippen molar-refractivity contribution in [3.05, 3.63) is 82.4 Å². The lowest BCUT2D eigenvalue weighted by atomic mass is 10.0. The number of hydrogen-bond donors (Lipinski definition) is 6. The van der Waals surface area contributed by atoms with E-state index < -0.39 is 36.8 Å². The highest BCUT2D eigenvalue weighted by Gasteiger charge is 2.33. The lowest BCUT2D eigenvalue weighted by Gasteiger charge is -2.28. The molecule has 0 aliphatic carbocycles. The van der Waals surface area contributed by atoms with E-state index in [9.17, 15) is 14.4 Å². The van der Waals surface area contributed by atoms with Gasteiger partial charge in [0.1, 0.15) is 18.7 Å². The topological polar surface area (TPSA) is 255 Å². The molecule has 0 aliphatic heterocycles. The number of benzene rings is 2. The fraction of sp³-hybridized carbons (Fsp3) is 0.308. The maximum absolute atomic E-state index is 13.6. The van der Waals surface area contributed by atoms with Crippen molar-refractivity contribution in [2.45, 2.75) is 38.0 Å². The maximum Gasteiger partial charge on any atom is 0.425 e. The van der Waals surface area contributed by atoms with Crippen LogP contribution in [-0.2, 0) is 32.1 Å². The second kappa shape index (κ2) is 15.5. The van der Waals surface area contributed by atoms with Gasteiger partial charge in [0, 0.05) is 35.0 Å². The molecule has 0 saturated carbocycles. The number of amides is 2. The zero-order chi connectivity index (χ0) is 30.5. The molecule has 0 saturated heterocycles. The number of para-hydroxylation sites is 1. The van der Waals surface area contributed by atoms with Gasteiger partial charge in [-0.15, -0.1) is 0 Å². The second-order valence-electron chi connectivity index (χ2n) is 9.13. The van der Waals surface area contributed by atoms with Crippen LogP contribution in [0.4, 0.5) is 4.79 Å². The Hall–Kier alpha value is -5.31. The van der Waals surface area contributed by atoms with Gasteiger partial charge in [0.05, 0.1) is 0 Å². The predicted octanol–water partition coefficient (Wildman–Crippen LogP) is 1.74. The first-order valence-corrected chi connectivity index (χ1v) is 12.8. The second-order valence-corrected chi connectivity index (χ2v) is 9.13. The number of carbonyl (C=O) groups is 3. The van der Waals surface area contributed by atoms with Crippen molar-refractivity contribution in [3.8, 4) is 0 Å². The number of rotatable bonds is 14. The third-order valence-corrected chi connectivity index (χ3v) is 6.27. The van der Waals surface area contributed by atoms with E-state index in [1.165, 1.54) is 0 Å². The molecule has 0 bridgehead atoms. The number of hydrogen-bond acceptors (Lipinski definition) is 9. The highest BCUT2D eigenvalue weighted by molar-refractivity contribution is 5.91. The van der Waals surface area contributed by atoms with Gasteiger partial charge in [0.25, 0.3) is 0 Å². The minimum Gasteiger partial charge on any atom is -0.458 e. The van der Waals surface area contributed by atoms with Crippen LogP contribution < -0.4 is 22.7 Å². The molecule has 0 fully saturated rings. The van der Waals surface area contributed by atoms with Crippen molar-refractivity contribution in [2.75, 3.05) is 13.3 Å². The van der Waals surface area contributed by atoms with Crippen LogP contribution in [-0.4, -0.2) is 64.3 Å². The Kier molecular flexibility index (Phi) is 11.5. The molecular weight excluding hydrogens is 546 g/mol. The Balaban J connectivity index is 1.82. The Morgan fingerprint density at radius 2 is 1.81 bits per heavy atom. The third kappa shape index (κ3) is 8.85. The number of nitrogens with zero attached hydrogens (tertiary/aromatic N) is 5. The van der Waals surface area contributed by atoms with Crippen molar-refractivity contribution >= 4 is 34.8 Å². The molecule has 16 nitrogen and oxygen atoms in total. The Labute approximate surface area is 240 Å². The van der Waals surface area contributed by atoms with Crippen LogP contribution in [0, 0.1) is 5.41 Å². The number of aromatic nitrogens is 1. The first-order valence-electron chi connectivity index (χ1n) is 12.8. The number of azide groups is 1. The fourth-order valence-corrected chi connectivity index (χ4v) is 4.07. The minimum absolute atomic E-state index is 0.0185. The number of nitrogens with one attached hydrogen (secondary N) is 3. The number of guanidine groups is 1. The molecule has 0 spiro atoms. The van der Waals surface area contributed by atoms with Crippen LogP contribution in [0.25, 0.3) is 21.3 Å². The van der Waals surface area contributed by atoms with E-state index in [4.69, 9.17) is 37.8 Å². The van der Waals surface area contributed by atoms with E-state index in [0.717, 1.165) is 21.5 Å². The smallest absolute Gasteiger partial charge is 0.425 e. The molecule has 9 N–H and O–H groups in total. The molecule has 222 valence electrons. The number of hydrazine groups is 2. The maximum atomic E-state index is 13.6. The summed E-state index contributed by atoms with van der Waals surface area (Å²) in [4.78, 5) is 45.0. The molecule has 0 radical (unpaired) electrons. The van der Waals surface area contributed by atoms with E-state index in [-0.39, 0.29) is 38.4 Å². The van der Waals surface area contributed by atoms with Crippen molar-refractivity contribution in [1.82, 2.24) is 20.3 Å². The summed E-state index contributed by atoms with van der Waals surface area (Å²) < 4.78 is 10.3. The SMILES string of the molecule is [N-]=[N+]=NCOC(=O)C(CCCN(N)C(=N)N)NC(=O)C(Cc1c[nH]c2ccccc12)N(N)C(=O)OCc1ccccc1. The van der Waals surface area contributed by atoms with Crippen LogP contribution in [0.5, 0.6) is 0 Å². The standard InChI is InChI=1S/C26H33N11O5/c27-25(28)36(30)12-6-11-21(24(39)42-16-33-35-29)34-23(38)22(13-18-14-32-20-10-5-4-9-19(18)20)37(31)26(40)41-15-17-7-2-1-3-8-17/h1-5,7-10,14,21-22,32H,6,11-13,15-16,30-31H2,(H3,27,28)(H,34,38). The van der Waals surface area contributed by atoms with Gasteiger partial charge in [0.2, 0.25) is 11.9 Å². The summed E-state index contributed by atoms with van der Waals surface area (Å²) in [7, 11) is 0. The summed E-state index contributed by atoms with van der Waals surface area (Å²) in [6.45, 7) is -0.570. The summed E-state index contributed by atoms with van der Waals surface area (Å²) >= 11 is 0. The molecule has 42 heavy (non-hydrogen) atoms. The molecular formula is C26H33N11O5. The van der Waals surface area contributed by atoms with Crippen LogP contribution in [0.1, 0.15) is 24.0 Å². The summed E-state index contributed by atoms with van der Waals surface area (Å²) in [5.41, 5.74) is 16.1. The predicted molar refractivity (Wildman–Crippen MR) is 153 cm³/mol. The molecule has 2 unspecified atom stereocenters. The van der Waals surface area contributed by atoms with Crippen LogP contribution in [0.15, 0.2) is 65.9 Å². The van der Waals surface area contributed by atoms with E-state index in [0.29, 0.717) is 10.6 Å². The number of carbonyl (C=O) groups excluding carboxylic acids is 3. The molecule has 1 heterocycles. The lowest BCUT2D eigenvalue weighted by molar-refractivity contribution is -0.148. The Morgan fingerprint density at radius 1 is 1.10 bits per heavy atom. The minimum atomic E-state index is -1.30. The molecule has 0 aliphatic rings. The number of nitrogens with two attached hydrogens (primary N) is 3. The summed E-state index contributed by atoms with van der Waals surface area (Å²) in [5.74, 6) is 9.77. The summed E-state index contributed by atoms with van der Waals surface area (Å²) in [6, 6.07) is 13.8. The van der Waals surface area contributed by atoms with Crippen molar-refractivity contribution in [3.63, 3.8) is 0 Å². The van der Waals surface area contributed by atoms with Crippen molar-refractivity contribution in [1.29, 1.82) is 5.41 Å². The van der Waals surface area contributed by atoms with Gasteiger partial charge in [0.15, 0.2) is 6.73 Å². The van der Waals surface area contributed by atoms with E-state index in [2.05, 4.69) is 20.3 Å². The molecule has 16 heteroatoms. The quantitative estimate of drug-likeness (QED) is 0.0187. The van der Waals surface area contributed by atoms with E-state index in [1.807, 2.05) is 30.3 Å². The average Bonchev–Trinajstić information content (AvgIpc) is 3.40. The zero-order valence-corrected chi connectivity index (χ0v) is 22.7. The lowest BCUT2D eigenvalue weighted by Crippen LogP contribution is -2.57. The summed E-state index contributed by atoms with van der Waals surface area (Å²) in [5, 5.41) is 15.6. The summed E-state index contributed by atoms with van der Waals surface area (Å²) in [6.07, 6.45) is 0.966. The molecule has 2 atom stereocenters. The largest absolute Gasteiger partial charge is 0.458 e. The number of aromatic amines is 1. The Morgan fingerprint density at radius 3 is 2.52 bits per heavy atom. The van der Waals surface area contributed by atoms with Gasteiger partial charge in [-0.2, -0.15) is 0 Å². The highest BCUT2D eigenvalue weighted by atomic mass is 16.6. The first kappa shape index (κ1) is 31.2. The number of fused-ring (bicyclic) bond motifs is 1. The van der Waals surface area contributed by atoms with Crippen LogP contribution in [0.2, 0.25) is 0 Å². The zero-order valence-electron chi connectivity index (χ0n) is 22.7. The normalized spacial score (nSPS) is 12.0. The Bertz CT molecular complexity index is 1420. The number of esters is 1. The van der Waals surface area contributed by atoms with Crippen LogP contribution in [0.3, 0.4) is 0 Å². The van der Waals surface area contributed by atoms with Gasteiger partial charge in [-0.05, 0) is 35.6 Å². The highest BCUT2D eigenvalue weighted by Crippen LogP contribution is 2.21.